The fraction of sp³-hybridized carbons (Fsp3) is 0.480. The molecule has 0 atom stereocenters. The number of rotatable bonds is 16. The molecule has 10 heteroatoms. The molecule has 0 aliphatic carbocycles. The van der Waals surface area contributed by atoms with Crippen molar-refractivity contribution >= 4 is 65.0 Å². The summed E-state index contributed by atoms with van der Waals surface area (Å²) >= 11 is 5.30. The number of fused-ring (bicyclic) bond motifs is 3. The van der Waals surface area contributed by atoms with Gasteiger partial charge in [0.1, 0.15) is 22.7 Å². The number of hydrogen-bond donors (Lipinski definition) is 1. The molecule has 1 aromatic heterocycles. The van der Waals surface area contributed by atoms with Crippen LogP contribution >= 0.6 is 37.2 Å². The second-order valence-electron chi connectivity index (χ2n) is 7.61. The Kier molecular flexibility index (Phi) is 16.7. The zero-order chi connectivity index (χ0) is 25.3. The number of ether oxygens (including phenoxy) is 4. The van der Waals surface area contributed by atoms with E-state index in [1.807, 2.05) is 36.4 Å². The Bertz CT molecular complexity index is 1010. The van der Waals surface area contributed by atoms with Gasteiger partial charge in [-0.25, -0.2) is 0 Å². The zero-order valence-electron chi connectivity index (χ0n) is 19.9. The van der Waals surface area contributed by atoms with E-state index in [1.54, 1.807) is 7.11 Å². The number of furan rings is 1. The van der Waals surface area contributed by atoms with Gasteiger partial charge in [0.25, 0.3) is 0 Å². The van der Waals surface area contributed by atoms with Gasteiger partial charge in [-0.3, -0.25) is 4.79 Å². The second kappa shape index (κ2) is 18.9. The van der Waals surface area contributed by atoms with Crippen molar-refractivity contribution in [3.63, 3.8) is 0 Å². The molecule has 0 spiro atoms. The molecule has 0 aliphatic heterocycles. The van der Waals surface area contributed by atoms with Crippen molar-refractivity contribution in [1.29, 1.82) is 0 Å². The molecular formula is C25H33I3NO6-. The normalized spacial score (nSPS) is 11.1. The van der Waals surface area contributed by atoms with E-state index in [1.165, 1.54) is 0 Å². The van der Waals surface area contributed by atoms with Crippen molar-refractivity contribution in [2.45, 2.75) is 25.7 Å². The average molecular weight is 824 g/mol. The van der Waals surface area contributed by atoms with Gasteiger partial charge in [0.2, 0.25) is 0 Å². The number of benzene rings is 2. The summed E-state index contributed by atoms with van der Waals surface area (Å²) in [6.07, 6.45) is 2.31. The molecule has 1 heterocycles. The van der Waals surface area contributed by atoms with Crippen LogP contribution in [0, 0.1) is 0 Å². The number of hydrogen-bond acceptors (Lipinski definition) is 7. The average Bonchev–Trinajstić information content (AvgIpc) is 3.22. The van der Waals surface area contributed by atoms with Crippen LogP contribution < -0.4 is 23.7 Å². The number of nitrogens with two attached hydrogens (primary N) is 1. The van der Waals surface area contributed by atoms with E-state index in [2.05, 4.69) is 37.2 Å². The Labute approximate surface area is 236 Å². The van der Waals surface area contributed by atoms with Crippen LogP contribution in [0.1, 0.15) is 24.8 Å². The number of carbonyl (C=O) groups excluding carboxylic acids is 1. The minimum absolute atomic E-state index is 0.147. The van der Waals surface area contributed by atoms with Gasteiger partial charge < -0.3 is 29.1 Å². The van der Waals surface area contributed by atoms with Crippen LogP contribution in [-0.2, 0) is 25.4 Å². The van der Waals surface area contributed by atoms with Gasteiger partial charge in [-0.15, -0.1) is 0 Å². The number of para-hydroxylation sites is 1. The van der Waals surface area contributed by atoms with Crippen LogP contribution in [0.3, 0.4) is 0 Å². The van der Waals surface area contributed by atoms with E-state index in [9.17, 15) is 4.79 Å². The number of halogens is 3. The minimum atomic E-state index is 0.147. The molecule has 196 valence electrons. The molecule has 2 aromatic carbocycles. The maximum atomic E-state index is 12.5. The Hall–Kier alpha value is -0.260. The van der Waals surface area contributed by atoms with E-state index in [-0.39, 0.29) is 5.78 Å². The predicted octanol–water partition coefficient (Wildman–Crippen LogP) is 2.66. The van der Waals surface area contributed by atoms with Crippen molar-refractivity contribution in [2.24, 2.45) is 5.73 Å². The molecule has 0 amide bonds. The van der Waals surface area contributed by atoms with Crippen molar-refractivity contribution in [2.75, 3.05) is 53.3 Å². The van der Waals surface area contributed by atoms with Gasteiger partial charge >= 0.3 is 50.5 Å². The summed E-state index contributed by atoms with van der Waals surface area (Å²) in [7, 11) is 1.62. The second-order valence-corrected chi connectivity index (χ2v) is 23.9. The third-order valence-electron chi connectivity index (χ3n) is 5.15. The Morgan fingerprint density at radius 1 is 0.914 bits per heavy atom. The van der Waals surface area contributed by atoms with E-state index in [0.29, 0.717) is 84.5 Å². The molecule has 2 N–H and O–H groups in total. The first-order chi connectivity index (χ1) is 17.1. The molecule has 0 aliphatic rings. The van der Waals surface area contributed by atoms with Crippen LogP contribution in [0.5, 0.6) is 5.75 Å². The number of methoxy groups -OCH3 is 1. The van der Waals surface area contributed by atoms with E-state index < -0.39 is 0 Å². The van der Waals surface area contributed by atoms with E-state index >= 15 is 0 Å². The summed E-state index contributed by atoms with van der Waals surface area (Å²) in [4.78, 5) is 12.5. The summed E-state index contributed by atoms with van der Waals surface area (Å²) in [6.45, 7) is 3.98. The van der Waals surface area contributed by atoms with Gasteiger partial charge in [0, 0.05) is 42.4 Å². The fourth-order valence-corrected chi connectivity index (χ4v) is 3.52. The maximum absolute atomic E-state index is 12.5. The number of Topliss-reactive ketones (excluding diaryl/α,β-unsaturated/α-hetero) is 1. The van der Waals surface area contributed by atoms with Crippen molar-refractivity contribution in [3.8, 4) is 5.75 Å². The summed E-state index contributed by atoms with van der Waals surface area (Å²) in [5.74, 6) is 0.853. The zero-order valence-corrected chi connectivity index (χ0v) is 26.4. The van der Waals surface area contributed by atoms with E-state index in [0.717, 1.165) is 33.9 Å². The van der Waals surface area contributed by atoms with Crippen molar-refractivity contribution in [3.05, 3.63) is 42.0 Å². The molecule has 0 fully saturated rings. The third kappa shape index (κ3) is 11.3. The molecule has 3 rings (SSSR count). The van der Waals surface area contributed by atoms with E-state index in [4.69, 9.17) is 29.1 Å². The topological polar surface area (TPSA) is 93.2 Å². The van der Waals surface area contributed by atoms with Crippen molar-refractivity contribution < 1.29 is 41.4 Å². The standard InChI is InChI=1S/C25H33NO6.I3/c1-28-24-18-22-21-7-2-3-8-23(21)32-25(22)17-19(24)16-20(27)6-4-10-29-12-14-31-15-13-30-11-5-9-26;1-3-2/h2-3,7-8,17-18H,4-6,9-16,26H2,1H3;/q;-1. The van der Waals surface area contributed by atoms with Gasteiger partial charge in [0.15, 0.2) is 0 Å². The predicted molar refractivity (Wildman–Crippen MR) is 152 cm³/mol. The van der Waals surface area contributed by atoms with Crippen LogP contribution in [0.25, 0.3) is 21.9 Å². The molecule has 0 saturated heterocycles. The molecular weight excluding hydrogens is 791 g/mol. The molecule has 0 radical (unpaired) electrons. The van der Waals surface area contributed by atoms with Gasteiger partial charge in [0.05, 0.1) is 33.5 Å². The summed E-state index contributed by atoms with van der Waals surface area (Å²) in [5, 5.41) is 2.03. The number of ketones is 1. The first kappa shape index (κ1) is 31.0. The third-order valence-corrected chi connectivity index (χ3v) is 5.15. The first-order valence-electron chi connectivity index (χ1n) is 11.4. The monoisotopic (exact) mass is 824 g/mol. The molecule has 0 saturated carbocycles. The number of carbonyl (C=O) groups is 1. The van der Waals surface area contributed by atoms with Gasteiger partial charge in [-0.1, -0.05) is 18.2 Å². The quantitative estimate of drug-likeness (QED) is 0.176. The van der Waals surface area contributed by atoms with Crippen molar-refractivity contribution in [1.82, 2.24) is 0 Å². The van der Waals surface area contributed by atoms with Gasteiger partial charge in [-0.05, 0) is 37.6 Å². The first-order valence-corrected chi connectivity index (χ1v) is 24.0. The molecule has 3 aromatic rings. The molecule has 7 nitrogen and oxygen atoms in total. The van der Waals surface area contributed by atoms with Crippen LogP contribution in [-0.4, -0.2) is 59.1 Å². The summed E-state index contributed by atoms with van der Waals surface area (Å²) in [5.41, 5.74) is 7.83. The molecule has 0 bridgehead atoms. The summed E-state index contributed by atoms with van der Waals surface area (Å²) < 4.78 is 27.8. The van der Waals surface area contributed by atoms with Crippen LogP contribution in [0.2, 0.25) is 0 Å². The Morgan fingerprint density at radius 3 is 2.20 bits per heavy atom. The molecule has 0 unspecified atom stereocenters. The van der Waals surface area contributed by atoms with Crippen LogP contribution in [0.4, 0.5) is 0 Å². The fourth-order valence-electron chi connectivity index (χ4n) is 3.52. The van der Waals surface area contributed by atoms with Gasteiger partial charge in [-0.2, -0.15) is 0 Å². The summed E-state index contributed by atoms with van der Waals surface area (Å²) in [6, 6.07) is 11.8. The molecule has 35 heavy (non-hydrogen) atoms. The SMILES string of the molecule is COc1cc2c(cc1CC(=O)CCCOCCOCCOCCCN)oc1ccccc12.I[I-]I. The Morgan fingerprint density at radius 2 is 1.54 bits per heavy atom. The van der Waals surface area contributed by atoms with Crippen LogP contribution in [0.15, 0.2) is 40.8 Å². The Balaban J connectivity index is 0.00000137.